The Morgan fingerprint density at radius 1 is 1.27 bits per heavy atom. The van der Waals surface area contributed by atoms with Gasteiger partial charge in [0.05, 0.1) is 0 Å². The quantitative estimate of drug-likeness (QED) is 0.677. The summed E-state index contributed by atoms with van der Waals surface area (Å²) in [5, 5.41) is 0.934. The third-order valence-corrected chi connectivity index (χ3v) is 5.01. The summed E-state index contributed by atoms with van der Waals surface area (Å²) in [6.07, 6.45) is 3.73. The lowest BCUT2D eigenvalue weighted by Gasteiger charge is -2.71. The fourth-order valence-corrected chi connectivity index (χ4v) is 4.07. The number of hydrogen-bond acceptors (Lipinski definition) is 0. The van der Waals surface area contributed by atoms with Gasteiger partial charge in [-0.2, -0.15) is 0 Å². The standard InChI is InChI=1S/C13H14Cl2/c1-9-2-3-11(15)10(4-9)13-5-12(6-13,7-13)8-14/h2-4H,5-8H2,1H3. The zero-order valence-electron chi connectivity index (χ0n) is 8.82. The zero-order valence-corrected chi connectivity index (χ0v) is 10.3. The van der Waals surface area contributed by atoms with Gasteiger partial charge in [-0.25, -0.2) is 0 Å². The van der Waals surface area contributed by atoms with E-state index in [0.29, 0.717) is 10.8 Å². The molecular weight excluding hydrogens is 227 g/mol. The molecule has 1 aromatic rings. The maximum Gasteiger partial charge on any atom is 0.0443 e. The van der Waals surface area contributed by atoms with E-state index in [1.165, 1.54) is 30.4 Å². The van der Waals surface area contributed by atoms with Gasteiger partial charge in [-0.05, 0) is 48.6 Å². The highest BCUT2D eigenvalue weighted by Crippen LogP contribution is 2.74. The molecule has 3 aliphatic carbocycles. The molecule has 0 saturated heterocycles. The van der Waals surface area contributed by atoms with Gasteiger partial charge in [0.25, 0.3) is 0 Å². The predicted octanol–water partition coefficient (Wildman–Crippen LogP) is 4.31. The molecule has 0 spiro atoms. The molecule has 80 valence electrons. The first-order valence-corrected chi connectivity index (χ1v) is 6.33. The van der Waals surface area contributed by atoms with E-state index in [9.17, 15) is 0 Å². The summed E-state index contributed by atoms with van der Waals surface area (Å²) in [6.45, 7) is 2.13. The van der Waals surface area contributed by atoms with Crippen molar-refractivity contribution in [2.24, 2.45) is 5.41 Å². The molecule has 0 nitrogen and oxygen atoms in total. The van der Waals surface area contributed by atoms with Crippen molar-refractivity contribution in [1.29, 1.82) is 0 Å². The average molecular weight is 241 g/mol. The highest BCUT2D eigenvalue weighted by Gasteiger charge is 2.67. The molecule has 3 fully saturated rings. The van der Waals surface area contributed by atoms with E-state index >= 15 is 0 Å². The van der Waals surface area contributed by atoms with Crippen LogP contribution in [0.5, 0.6) is 0 Å². The van der Waals surface area contributed by atoms with Crippen LogP contribution in [-0.2, 0) is 5.41 Å². The van der Waals surface area contributed by atoms with E-state index in [2.05, 4.69) is 19.1 Å². The van der Waals surface area contributed by atoms with Crippen LogP contribution in [0.25, 0.3) is 0 Å². The Hall–Kier alpha value is -0.200. The zero-order chi connectivity index (χ0) is 10.7. The highest BCUT2D eigenvalue weighted by molar-refractivity contribution is 6.31. The lowest BCUT2D eigenvalue weighted by Crippen LogP contribution is -2.65. The average Bonchev–Trinajstić information content (AvgIpc) is 2.07. The Bertz CT molecular complexity index is 403. The van der Waals surface area contributed by atoms with Gasteiger partial charge in [0, 0.05) is 10.9 Å². The molecule has 1 aromatic carbocycles. The topological polar surface area (TPSA) is 0 Å². The molecule has 0 atom stereocenters. The van der Waals surface area contributed by atoms with Crippen LogP contribution in [0, 0.1) is 12.3 Å². The van der Waals surface area contributed by atoms with Crippen LogP contribution in [0.4, 0.5) is 0 Å². The van der Waals surface area contributed by atoms with Crippen molar-refractivity contribution in [3.05, 3.63) is 34.3 Å². The van der Waals surface area contributed by atoms with E-state index < -0.39 is 0 Å². The first-order valence-electron chi connectivity index (χ1n) is 5.42. The molecule has 0 amide bonds. The van der Waals surface area contributed by atoms with E-state index in [1.54, 1.807) is 0 Å². The van der Waals surface area contributed by atoms with Crippen LogP contribution in [0.2, 0.25) is 5.02 Å². The van der Waals surface area contributed by atoms with Crippen molar-refractivity contribution >= 4 is 23.2 Å². The van der Waals surface area contributed by atoms with Crippen molar-refractivity contribution in [3.63, 3.8) is 0 Å². The van der Waals surface area contributed by atoms with Gasteiger partial charge >= 0.3 is 0 Å². The highest BCUT2D eigenvalue weighted by atomic mass is 35.5. The Balaban J connectivity index is 1.93. The SMILES string of the molecule is Cc1ccc(Cl)c(C23CC(CCl)(C2)C3)c1. The number of rotatable bonds is 2. The molecule has 0 heterocycles. The Labute approximate surface area is 101 Å². The van der Waals surface area contributed by atoms with Gasteiger partial charge in [-0.15, -0.1) is 11.6 Å². The third-order valence-electron chi connectivity index (χ3n) is 4.12. The largest absolute Gasteiger partial charge is 0.126 e. The Kier molecular flexibility index (Phi) is 1.95. The number of halogens is 2. The van der Waals surface area contributed by atoms with Gasteiger partial charge in [-0.1, -0.05) is 29.3 Å². The fraction of sp³-hybridized carbons (Fsp3) is 0.538. The van der Waals surface area contributed by atoms with Crippen molar-refractivity contribution < 1.29 is 0 Å². The summed E-state index contributed by atoms with van der Waals surface area (Å²) in [6, 6.07) is 6.36. The Morgan fingerprint density at radius 2 is 1.93 bits per heavy atom. The van der Waals surface area contributed by atoms with Crippen LogP contribution >= 0.6 is 23.2 Å². The molecule has 3 aliphatic rings. The minimum Gasteiger partial charge on any atom is -0.126 e. The summed E-state index contributed by atoms with van der Waals surface area (Å²) in [7, 11) is 0. The normalized spacial score (nSPS) is 37.0. The van der Waals surface area contributed by atoms with E-state index in [1.807, 2.05) is 6.07 Å². The first kappa shape index (κ1) is 9.99. The van der Waals surface area contributed by atoms with Crippen LogP contribution in [0.3, 0.4) is 0 Å². The lowest BCUT2D eigenvalue weighted by molar-refractivity contribution is -0.122. The molecule has 0 unspecified atom stereocenters. The van der Waals surface area contributed by atoms with E-state index in [4.69, 9.17) is 23.2 Å². The maximum atomic E-state index is 6.27. The minimum absolute atomic E-state index is 0.387. The van der Waals surface area contributed by atoms with E-state index in [0.717, 1.165) is 10.9 Å². The summed E-state index contributed by atoms with van der Waals surface area (Å²) < 4.78 is 0. The molecule has 0 aliphatic heterocycles. The molecule has 0 aromatic heterocycles. The van der Waals surface area contributed by atoms with Crippen molar-refractivity contribution in [3.8, 4) is 0 Å². The van der Waals surface area contributed by atoms with Crippen molar-refractivity contribution in [1.82, 2.24) is 0 Å². The van der Waals surface area contributed by atoms with E-state index in [-0.39, 0.29) is 0 Å². The molecule has 0 radical (unpaired) electrons. The third kappa shape index (κ3) is 1.21. The number of hydrogen-bond donors (Lipinski definition) is 0. The molecule has 2 bridgehead atoms. The van der Waals surface area contributed by atoms with Gasteiger partial charge < -0.3 is 0 Å². The summed E-state index contributed by atoms with van der Waals surface area (Å²) in [5.74, 6) is 0.818. The van der Waals surface area contributed by atoms with Gasteiger partial charge in [0.1, 0.15) is 0 Å². The van der Waals surface area contributed by atoms with Crippen molar-refractivity contribution in [2.45, 2.75) is 31.6 Å². The van der Waals surface area contributed by atoms with Crippen LogP contribution in [-0.4, -0.2) is 5.88 Å². The molecule has 4 rings (SSSR count). The van der Waals surface area contributed by atoms with Crippen LogP contribution < -0.4 is 0 Å². The second-order valence-corrected chi connectivity index (χ2v) is 6.10. The van der Waals surface area contributed by atoms with Gasteiger partial charge in [0.2, 0.25) is 0 Å². The van der Waals surface area contributed by atoms with Gasteiger partial charge in [0.15, 0.2) is 0 Å². The predicted molar refractivity (Wildman–Crippen MR) is 64.9 cm³/mol. The Morgan fingerprint density at radius 3 is 2.53 bits per heavy atom. The monoisotopic (exact) mass is 240 g/mol. The fourth-order valence-electron chi connectivity index (χ4n) is 3.47. The van der Waals surface area contributed by atoms with Crippen LogP contribution in [0.15, 0.2) is 18.2 Å². The minimum atomic E-state index is 0.387. The van der Waals surface area contributed by atoms with Crippen LogP contribution in [0.1, 0.15) is 30.4 Å². The number of aryl methyl sites for hydroxylation is 1. The van der Waals surface area contributed by atoms with Crippen molar-refractivity contribution in [2.75, 3.05) is 5.88 Å². The first-order chi connectivity index (χ1) is 7.09. The molecular formula is C13H14Cl2. The number of benzene rings is 1. The summed E-state index contributed by atoms with van der Waals surface area (Å²) in [4.78, 5) is 0. The molecule has 0 N–H and O–H groups in total. The molecule has 3 saturated carbocycles. The molecule has 15 heavy (non-hydrogen) atoms. The summed E-state index contributed by atoms with van der Waals surface area (Å²) in [5.41, 5.74) is 3.52. The summed E-state index contributed by atoms with van der Waals surface area (Å²) >= 11 is 12.2. The lowest BCUT2D eigenvalue weighted by atomic mass is 9.34. The van der Waals surface area contributed by atoms with Gasteiger partial charge in [-0.3, -0.25) is 0 Å². The maximum absolute atomic E-state index is 6.27. The second kappa shape index (κ2) is 2.93. The smallest absolute Gasteiger partial charge is 0.0443 e. The number of alkyl halides is 1. The molecule has 2 heteroatoms. The second-order valence-electron chi connectivity index (χ2n) is 5.43.